The fourth-order valence-corrected chi connectivity index (χ4v) is 2.92. The van der Waals surface area contributed by atoms with E-state index in [0.717, 1.165) is 17.0 Å². The Balaban J connectivity index is 1.97. The first-order valence-corrected chi connectivity index (χ1v) is 7.64. The van der Waals surface area contributed by atoms with Crippen LogP contribution in [0.15, 0.2) is 30.3 Å². The zero-order valence-electron chi connectivity index (χ0n) is 9.75. The molecular formula is C12H7Cl3N2OS2. The van der Waals surface area contributed by atoms with Crippen LogP contribution in [0.25, 0.3) is 0 Å². The Morgan fingerprint density at radius 1 is 1.15 bits per heavy atom. The molecule has 0 aliphatic heterocycles. The van der Waals surface area contributed by atoms with Crippen LogP contribution in [0.3, 0.4) is 0 Å². The van der Waals surface area contributed by atoms with Crippen molar-refractivity contribution in [3.63, 3.8) is 0 Å². The average molecular weight is 366 g/mol. The van der Waals surface area contributed by atoms with E-state index in [1.807, 2.05) is 0 Å². The maximum atomic E-state index is 11.9. The number of carbonyl (C=O) groups is 1. The van der Waals surface area contributed by atoms with E-state index >= 15 is 0 Å². The van der Waals surface area contributed by atoms with Crippen LogP contribution in [-0.4, -0.2) is 11.0 Å². The van der Waals surface area contributed by atoms with Crippen LogP contribution in [0, 0.1) is 0 Å². The van der Waals surface area contributed by atoms with Crippen molar-refractivity contribution in [1.82, 2.24) is 5.32 Å². The Morgan fingerprint density at radius 2 is 1.80 bits per heavy atom. The Labute approximate surface area is 139 Å². The third-order valence-corrected chi connectivity index (χ3v) is 4.52. The van der Waals surface area contributed by atoms with Gasteiger partial charge < -0.3 is 5.32 Å². The molecule has 3 nitrogen and oxygen atoms in total. The van der Waals surface area contributed by atoms with Gasteiger partial charge in [0.15, 0.2) is 5.11 Å². The number of rotatable bonds is 2. The molecule has 0 bridgehead atoms. The Morgan fingerprint density at radius 3 is 2.35 bits per heavy atom. The van der Waals surface area contributed by atoms with Crippen LogP contribution in [0.1, 0.15) is 9.67 Å². The number of benzene rings is 1. The third kappa shape index (κ3) is 4.07. The van der Waals surface area contributed by atoms with Crippen molar-refractivity contribution in [1.29, 1.82) is 0 Å². The minimum absolute atomic E-state index is 0.179. The van der Waals surface area contributed by atoms with Gasteiger partial charge in [-0.05, 0) is 42.5 Å². The van der Waals surface area contributed by atoms with Crippen LogP contribution in [-0.2, 0) is 0 Å². The highest BCUT2D eigenvalue weighted by atomic mass is 35.5. The summed E-state index contributed by atoms with van der Waals surface area (Å²) in [5.74, 6) is -0.365. The number of carbonyl (C=O) groups excluding carboxylic acids is 1. The van der Waals surface area contributed by atoms with E-state index in [0.29, 0.717) is 19.3 Å². The molecule has 0 radical (unpaired) electrons. The molecular weight excluding hydrogens is 359 g/mol. The minimum atomic E-state index is -0.365. The maximum absolute atomic E-state index is 11.9. The molecule has 0 unspecified atom stereocenters. The van der Waals surface area contributed by atoms with Crippen molar-refractivity contribution in [3.8, 4) is 0 Å². The predicted octanol–water partition coefficient (Wildman–Crippen LogP) is 4.84. The molecule has 2 N–H and O–H groups in total. The summed E-state index contributed by atoms with van der Waals surface area (Å²) < 4.78 is 0.369. The van der Waals surface area contributed by atoms with Gasteiger partial charge in [-0.1, -0.05) is 34.8 Å². The molecule has 0 saturated heterocycles. The number of nitrogens with one attached hydrogen (secondary N) is 2. The average Bonchev–Trinajstić information content (AvgIpc) is 2.72. The number of halogens is 3. The normalized spacial score (nSPS) is 10.2. The number of hydrogen-bond donors (Lipinski definition) is 2. The van der Waals surface area contributed by atoms with E-state index in [2.05, 4.69) is 10.6 Å². The molecule has 8 heteroatoms. The molecule has 0 fully saturated rings. The fourth-order valence-electron chi connectivity index (χ4n) is 1.32. The van der Waals surface area contributed by atoms with Gasteiger partial charge in [-0.3, -0.25) is 10.1 Å². The van der Waals surface area contributed by atoms with Gasteiger partial charge in [-0.2, -0.15) is 0 Å². The summed E-state index contributed by atoms with van der Waals surface area (Å²) in [5, 5.41) is 6.56. The highest BCUT2D eigenvalue weighted by Gasteiger charge is 2.13. The van der Waals surface area contributed by atoms with Crippen molar-refractivity contribution >= 4 is 75.1 Å². The molecule has 2 aromatic rings. The molecule has 1 amide bonds. The zero-order chi connectivity index (χ0) is 14.7. The lowest BCUT2D eigenvalue weighted by molar-refractivity contribution is 0.0981. The highest BCUT2D eigenvalue weighted by molar-refractivity contribution is 7.80. The number of thiocarbonyl (C=S) groups is 1. The van der Waals surface area contributed by atoms with Gasteiger partial charge in [-0.15, -0.1) is 11.3 Å². The van der Waals surface area contributed by atoms with Gasteiger partial charge in [0.1, 0.15) is 4.34 Å². The Bertz CT molecular complexity index is 636. The first-order chi connectivity index (χ1) is 9.45. The highest BCUT2D eigenvalue weighted by Crippen LogP contribution is 2.31. The van der Waals surface area contributed by atoms with Crippen molar-refractivity contribution in [2.24, 2.45) is 0 Å². The summed E-state index contributed by atoms with van der Waals surface area (Å²) in [6, 6.07) is 8.43. The van der Waals surface area contributed by atoms with E-state index in [1.165, 1.54) is 6.07 Å². The maximum Gasteiger partial charge on any atom is 0.267 e. The first-order valence-electron chi connectivity index (χ1n) is 5.28. The Kier molecular flexibility index (Phi) is 5.23. The molecule has 104 valence electrons. The van der Waals surface area contributed by atoms with Crippen LogP contribution < -0.4 is 10.6 Å². The minimum Gasteiger partial charge on any atom is -0.332 e. The van der Waals surface area contributed by atoms with Crippen LogP contribution in [0.4, 0.5) is 5.69 Å². The molecule has 2 rings (SSSR count). The van der Waals surface area contributed by atoms with Gasteiger partial charge >= 0.3 is 0 Å². The zero-order valence-corrected chi connectivity index (χ0v) is 13.6. The quantitative estimate of drug-likeness (QED) is 0.749. The molecule has 0 aliphatic carbocycles. The molecule has 0 spiro atoms. The lowest BCUT2D eigenvalue weighted by atomic mass is 10.3. The SMILES string of the molecule is O=C(NC(=S)Nc1ccc(Cl)cc1)c1cc(Cl)c(Cl)s1. The number of hydrogen-bond acceptors (Lipinski definition) is 3. The summed E-state index contributed by atoms with van der Waals surface area (Å²) in [6.45, 7) is 0. The van der Waals surface area contributed by atoms with Gasteiger partial charge in [0.25, 0.3) is 5.91 Å². The summed E-state index contributed by atoms with van der Waals surface area (Å²) in [4.78, 5) is 12.3. The molecule has 1 aromatic carbocycles. The van der Waals surface area contributed by atoms with E-state index in [4.69, 9.17) is 47.0 Å². The summed E-state index contributed by atoms with van der Waals surface area (Å²) in [5.41, 5.74) is 0.724. The largest absolute Gasteiger partial charge is 0.332 e. The van der Waals surface area contributed by atoms with E-state index < -0.39 is 0 Å². The molecule has 1 aromatic heterocycles. The van der Waals surface area contributed by atoms with Gasteiger partial charge in [0.05, 0.1) is 9.90 Å². The van der Waals surface area contributed by atoms with Crippen molar-refractivity contribution in [2.45, 2.75) is 0 Å². The first kappa shape index (κ1) is 15.5. The molecule has 0 atom stereocenters. The fraction of sp³-hybridized carbons (Fsp3) is 0. The van der Waals surface area contributed by atoms with Crippen LogP contribution in [0.2, 0.25) is 14.4 Å². The van der Waals surface area contributed by atoms with E-state index in [-0.39, 0.29) is 11.0 Å². The topological polar surface area (TPSA) is 41.1 Å². The number of amides is 1. The van der Waals surface area contributed by atoms with Gasteiger partial charge in [-0.25, -0.2) is 0 Å². The summed E-state index contributed by atoms with van der Waals surface area (Å²) >= 11 is 23.5. The van der Waals surface area contributed by atoms with Crippen molar-refractivity contribution in [3.05, 3.63) is 49.6 Å². The van der Waals surface area contributed by atoms with E-state index in [9.17, 15) is 4.79 Å². The van der Waals surface area contributed by atoms with Gasteiger partial charge in [0.2, 0.25) is 0 Å². The molecule has 1 heterocycles. The van der Waals surface area contributed by atoms with Crippen LogP contribution >= 0.6 is 58.4 Å². The van der Waals surface area contributed by atoms with Gasteiger partial charge in [0, 0.05) is 10.7 Å². The molecule has 20 heavy (non-hydrogen) atoms. The van der Waals surface area contributed by atoms with Crippen LogP contribution in [0.5, 0.6) is 0 Å². The van der Waals surface area contributed by atoms with Crippen molar-refractivity contribution < 1.29 is 4.79 Å². The second-order valence-corrected chi connectivity index (χ2v) is 6.55. The monoisotopic (exact) mass is 364 g/mol. The van der Waals surface area contributed by atoms with E-state index in [1.54, 1.807) is 24.3 Å². The lowest BCUT2D eigenvalue weighted by Gasteiger charge is -2.08. The molecule has 0 aliphatic rings. The lowest BCUT2D eigenvalue weighted by Crippen LogP contribution is -2.33. The summed E-state index contributed by atoms with van der Waals surface area (Å²) in [7, 11) is 0. The summed E-state index contributed by atoms with van der Waals surface area (Å²) in [6.07, 6.45) is 0. The standard InChI is InChI=1S/C12H7Cl3N2OS2/c13-6-1-3-7(4-2-6)16-12(19)17-11(18)9-5-8(14)10(15)20-9/h1-5H,(H2,16,17,18,19). The second kappa shape index (κ2) is 6.74. The smallest absolute Gasteiger partial charge is 0.267 e. The predicted molar refractivity (Wildman–Crippen MR) is 89.5 cm³/mol. The second-order valence-electron chi connectivity index (χ2n) is 3.65. The number of thiophene rings is 1. The molecule has 0 saturated carbocycles. The Hall–Kier alpha value is -0.850. The number of anilines is 1. The third-order valence-electron chi connectivity index (χ3n) is 2.20. The van der Waals surface area contributed by atoms with Crippen molar-refractivity contribution in [2.75, 3.05) is 5.32 Å².